The monoisotopic (exact) mass is 258 g/mol. The SMILES string of the molecule is Cc1ccnc(NCC(C)(C)NS(C)(=O)=O)n1. The van der Waals surface area contributed by atoms with Crippen molar-refractivity contribution in [3.05, 3.63) is 18.0 Å². The Morgan fingerprint density at radius 1 is 1.41 bits per heavy atom. The fraction of sp³-hybridized carbons (Fsp3) is 0.600. The molecule has 1 aromatic rings. The van der Waals surface area contributed by atoms with Crippen molar-refractivity contribution in [2.45, 2.75) is 26.3 Å². The van der Waals surface area contributed by atoms with Crippen molar-refractivity contribution in [2.24, 2.45) is 0 Å². The molecule has 0 aromatic carbocycles. The fourth-order valence-corrected chi connectivity index (χ4v) is 2.45. The van der Waals surface area contributed by atoms with Crippen LogP contribution in [0.4, 0.5) is 5.95 Å². The van der Waals surface area contributed by atoms with E-state index in [-0.39, 0.29) is 0 Å². The van der Waals surface area contributed by atoms with Crippen LogP contribution in [0, 0.1) is 6.92 Å². The van der Waals surface area contributed by atoms with E-state index in [1.807, 2.05) is 6.92 Å². The highest BCUT2D eigenvalue weighted by atomic mass is 32.2. The first-order valence-electron chi connectivity index (χ1n) is 5.20. The summed E-state index contributed by atoms with van der Waals surface area (Å²) in [6.45, 7) is 5.85. The standard InChI is InChI=1S/C10H18N4O2S/c1-8-5-6-11-9(13-8)12-7-10(2,3)14-17(4,15)16/h5-6,14H,7H2,1-4H3,(H,11,12,13). The Kier molecular flexibility index (Phi) is 4.05. The summed E-state index contributed by atoms with van der Waals surface area (Å²) in [7, 11) is -3.23. The Morgan fingerprint density at radius 2 is 2.06 bits per heavy atom. The van der Waals surface area contributed by atoms with Crippen LogP contribution >= 0.6 is 0 Å². The fourth-order valence-electron chi connectivity index (χ4n) is 1.37. The maximum absolute atomic E-state index is 11.1. The quantitative estimate of drug-likeness (QED) is 0.804. The predicted molar refractivity (Wildman–Crippen MR) is 67.3 cm³/mol. The van der Waals surface area contributed by atoms with Gasteiger partial charge >= 0.3 is 0 Å². The Labute approximate surface area is 102 Å². The molecule has 0 radical (unpaired) electrons. The van der Waals surface area contributed by atoms with Crippen LogP contribution in [0.5, 0.6) is 0 Å². The number of nitrogens with zero attached hydrogens (tertiary/aromatic N) is 2. The van der Waals surface area contributed by atoms with Gasteiger partial charge in [0.05, 0.1) is 6.26 Å². The lowest BCUT2D eigenvalue weighted by Gasteiger charge is -2.25. The van der Waals surface area contributed by atoms with Crippen molar-refractivity contribution in [1.82, 2.24) is 14.7 Å². The highest BCUT2D eigenvalue weighted by Gasteiger charge is 2.22. The molecule has 0 bridgehead atoms. The van der Waals surface area contributed by atoms with Crippen molar-refractivity contribution in [3.63, 3.8) is 0 Å². The molecule has 0 saturated carbocycles. The summed E-state index contributed by atoms with van der Waals surface area (Å²) in [5.74, 6) is 0.494. The summed E-state index contributed by atoms with van der Waals surface area (Å²) in [5.41, 5.74) is 0.261. The lowest BCUT2D eigenvalue weighted by molar-refractivity contribution is 0.475. The molecule has 2 N–H and O–H groups in total. The molecule has 0 aliphatic carbocycles. The van der Waals surface area contributed by atoms with Crippen LogP contribution in [-0.4, -0.2) is 36.7 Å². The second-order valence-electron chi connectivity index (χ2n) is 4.63. The molecular weight excluding hydrogens is 240 g/mol. The molecule has 0 aliphatic rings. The van der Waals surface area contributed by atoms with Gasteiger partial charge in [0.1, 0.15) is 0 Å². The van der Waals surface area contributed by atoms with Gasteiger partial charge in [-0.2, -0.15) is 0 Å². The zero-order valence-corrected chi connectivity index (χ0v) is 11.3. The normalized spacial score (nSPS) is 12.5. The molecule has 1 rings (SSSR count). The minimum atomic E-state index is -3.23. The maximum atomic E-state index is 11.1. The molecule has 0 atom stereocenters. The van der Waals surface area contributed by atoms with E-state index in [4.69, 9.17) is 0 Å². The van der Waals surface area contributed by atoms with Gasteiger partial charge in [-0.25, -0.2) is 23.1 Å². The van der Waals surface area contributed by atoms with Gasteiger partial charge in [-0.1, -0.05) is 0 Å². The number of hydrogen-bond acceptors (Lipinski definition) is 5. The topological polar surface area (TPSA) is 84.0 Å². The lowest BCUT2D eigenvalue weighted by Crippen LogP contribution is -2.47. The largest absolute Gasteiger partial charge is 0.352 e. The average molecular weight is 258 g/mol. The van der Waals surface area contributed by atoms with E-state index in [0.717, 1.165) is 11.9 Å². The zero-order valence-electron chi connectivity index (χ0n) is 10.5. The molecule has 7 heteroatoms. The van der Waals surface area contributed by atoms with Crippen LogP contribution in [0.2, 0.25) is 0 Å². The summed E-state index contributed by atoms with van der Waals surface area (Å²) >= 11 is 0. The van der Waals surface area contributed by atoms with Crippen molar-refractivity contribution in [3.8, 4) is 0 Å². The number of hydrogen-bond donors (Lipinski definition) is 2. The summed E-state index contributed by atoms with van der Waals surface area (Å²) in [4.78, 5) is 8.21. The van der Waals surface area contributed by atoms with Crippen LogP contribution in [0.3, 0.4) is 0 Å². The summed E-state index contributed by atoms with van der Waals surface area (Å²) in [6.07, 6.45) is 2.79. The first-order chi connectivity index (χ1) is 7.68. The predicted octanol–water partition coefficient (Wildman–Crippen LogP) is 0.525. The van der Waals surface area contributed by atoms with Gasteiger partial charge in [0.15, 0.2) is 0 Å². The van der Waals surface area contributed by atoms with E-state index in [9.17, 15) is 8.42 Å². The third-order valence-corrected chi connectivity index (χ3v) is 2.87. The molecule has 0 amide bonds. The first kappa shape index (κ1) is 13.9. The lowest BCUT2D eigenvalue weighted by atomic mass is 10.1. The highest BCUT2D eigenvalue weighted by Crippen LogP contribution is 2.06. The molecular formula is C10H18N4O2S. The van der Waals surface area contributed by atoms with E-state index in [2.05, 4.69) is 20.0 Å². The van der Waals surface area contributed by atoms with E-state index >= 15 is 0 Å². The molecule has 0 spiro atoms. The van der Waals surface area contributed by atoms with Crippen molar-refractivity contribution in [2.75, 3.05) is 18.1 Å². The second kappa shape index (κ2) is 4.97. The molecule has 96 valence electrons. The summed E-state index contributed by atoms with van der Waals surface area (Å²) in [5, 5.41) is 3.00. The van der Waals surface area contributed by atoms with E-state index in [1.165, 1.54) is 0 Å². The van der Waals surface area contributed by atoms with Crippen molar-refractivity contribution >= 4 is 16.0 Å². The minimum absolute atomic E-state index is 0.406. The van der Waals surface area contributed by atoms with E-state index < -0.39 is 15.6 Å². The van der Waals surface area contributed by atoms with Crippen molar-refractivity contribution in [1.29, 1.82) is 0 Å². The molecule has 1 aromatic heterocycles. The molecule has 0 fully saturated rings. The number of aryl methyl sites for hydroxylation is 1. The second-order valence-corrected chi connectivity index (χ2v) is 6.38. The summed E-state index contributed by atoms with van der Waals surface area (Å²) < 4.78 is 24.8. The van der Waals surface area contributed by atoms with Crippen LogP contribution in [0.25, 0.3) is 0 Å². The van der Waals surface area contributed by atoms with Gasteiger partial charge in [0, 0.05) is 24.0 Å². The Hall–Kier alpha value is -1.21. The zero-order chi connectivity index (χ0) is 13.1. The number of anilines is 1. The number of rotatable bonds is 5. The molecule has 0 unspecified atom stereocenters. The molecule has 0 aliphatic heterocycles. The van der Waals surface area contributed by atoms with Gasteiger partial charge in [-0.15, -0.1) is 0 Å². The number of aromatic nitrogens is 2. The Bertz CT molecular complexity index is 485. The maximum Gasteiger partial charge on any atom is 0.222 e. The van der Waals surface area contributed by atoms with Gasteiger partial charge in [-0.05, 0) is 26.8 Å². The van der Waals surface area contributed by atoms with Gasteiger partial charge < -0.3 is 5.32 Å². The molecule has 6 nitrogen and oxygen atoms in total. The molecule has 1 heterocycles. The van der Waals surface area contributed by atoms with E-state index in [1.54, 1.807) is 26.1 Å². The number of nitrogens with one attached hydrogen (secondary N) is 2. The first-order valence-corrected chi connectivity index (χ1v) is 7.10. The van der Waals surface area contributed by atoms with Gasteiger partial charge in [0.25, 0.3) is 0 Å². The Morgan fingerprint density at radius 3 is 2.59 bits per heavy atom. The smallest absolute Gasteiger partial charge is 0.222 e. The van der Waals surface area contributed by atoms with Crippen LogP contribution in [-0.2, 0) is 10.0 Å². The van der Waals surface area contributed by atoms with E-state index in [0.29, 0.717) is 12.5 Å². The van der Waals surface area contributed by atoms with Crippen LogP contribution in [0.15, 0.2) is 12.3 Å². The average Bonchev–Trinajstić information content (AvgIpc) is 2.11. The Balaban J connectivity index is 2.61. The third-order valence-electron chi connectivity index (χ3n) is 1.94. The highest BCUT2D eigenvalue weighted by molar-refractivity contribution is 7.88. The minimum Gasteiger partial charge on any atom is -0.352 e. The third kappa shape index (κ3) is 5.60. The van der Waals surface area contributed by atoms with Crippen LogP contribution in [0.1, 0.15) is 19.5 Å². The van der Waals surface area contributed by atoms with Crippen LogP contribution < -0.4 is 10.0 Å². The summed E-state index contributed by atoms with van der Waals surface area (Å²) in [6, 6.07) is 1.80. The van der Waals surface area contributed by atoms with Crippen molar-refractivity contribution < 1.29 is 8.42 Å². The molecule has 0 saturated heterocycles. The number of sulfonamides is 1. The molecule has 17 heavy (non-hydrogen) atoms. The van der Waals surface area contributed by atoms with Gasteiger partial charge in [0.2, 0.25) is 16.0 Å². The van der Waals surface area contributed by atoms with Gasteiger partial charge in [-0.3, -0.25) is 0 Å².